The van der Waals surface area contributed by atoms with Crippen LogP contribution < -0.4 is 4.74 Å². The quantitative estimate of drug-likeness (QED) is 0.723. The molecule has 6 heteroatoms. The van der Waals surface area contributed by atoms with Crippen molar-refractivity contribution in [2.75, 3.05) is 0 Å². The van der Waals surface area contributed by atoms with Crippen molar-refractivity contribution >= 4 is 5.65 Å². The molecular weight excluding hydrogens is 271 g/mol. The van der Waals surface area contributed by atoms with Crippen LogP contribution in [0.5, 0.6) is 5.88 Å². The molecule has 2 heterocycles. The average Bonchev–Trinajstić information content (AvgIpc) is 2.90. The summed E-state index contributed by atoms with van der Waals surface area (Å²) in [5, 5.41) is 8.27. The van der Waals surface area contributed by atoms with Crippen molar-refractivity contribution in [3.8, 4) is 5.88 Å². The van der Waals surface area contributed by atoms with Crippen molar-refractivity contribution in [1.82, 2.24) is 19.6 Å². The van der Waals surface area contributed by atoms with Gasteiger partial charge in [-0.15, -0.1) is 10.2 Å². The highest BCUT2D eigenvalue weighted by Gasteiger charge is 2.11. The van der Waals surface area contributed by atoms with Gasteiger partial charge in [-0.1, -0.05) is 19.1 Å². The third-order valence-corrected chi connectivity index (χ3v) is 3.10. The van der Waals surface area contributed by atoms with E-state index in [9.17, 15) is 4.39 Å². The van der Waals surface area contributed by atoms with E-state index < -0.39 is 0 Å². The molecule has 0 unspecified atom stereocenters. The van der Waals surface area contributed by atoms with Crippen molar-refractivity contribution < 1.29 is 9.13 Å². The first-order valence-corrected chi connectivity index (χ1v) is 6.84. The first-order chi connectivity index (χ1) is 10.3. The summed E-state index contributed by atoms with van der Waals surface area (Å²) in [7, 11) is 0. The van der Waals surface area contributed by atoms with Gasteiger partial charge in [-0.25, -0.2) is 9.37 Å². The number of fused-ring (bicyclic) bond motifs is 1. The fraction of sp³-hybridized carbons (Fsp3) is 0.267. The lowest BCUT2D eigenvalue weighted by Crippen LogP contribution is -2.01. The molecule has 3 aromatic rings. The van der Waals surface area contributed by atoms with Crippen LogP contribution in [0.1, 0.15) is 24.7 Å². The van der Waals surface area contributed by atoms with Gasteiger partial charge < -0.3 is 4.74 Å². The van der Waals surface area contributed by atoms with Crippen LogP contribution in [-0.2, 0) is 13.0 Å². The number of aromatic nitrogens is 4. The van der Waals surface area contributed by atoms with Gasteiger partial charge >= 0.3 is 0 Å². The van der Waals surface area contributed by atoms with Gasteiger partial charge in [-0.05, 0) is 24.1 Å². The van der Waals surface area contributed by atoms with E-state index in [4.69, 9.17) is 4.74 Å². The van der Waals surface area contributed by atoms with E-state index >= 15 is 0 Å². The van der Waals surface area contributed by atoms with Crippen LogP contribution in [0.15, 0.2) is 36.7 Å². The van der Waals surface area contributed by atoms with E-state index in [-0.39, 0.29) is 12.4 Å². The minimum Gasteiger partial charge on any atom is -0.470 e. The molecule has 0 saturated heterocycles. The molecule has 5 nitrogen and oxygen atoms in total. The lowest BCUT2D eigenvalue weighted by atomic mass is 10.2. The zero-order valence-corrected chi connectivity index (χ0v) is 11.7. The number of halogens is 1. The highest BCUT2D eigenvalue weighted by molar-refractivity contribution is 5.48. The predicted octanol–water partition coefficient (Wildman–Crippen LogP) is 2.79. The second-order valence-electron chi connectivity index (χ2n) is 4.71. The first-order valence-electron chi connectivity index (χ1n) is 6.84. The van der Waals surface area contributed by atoms with Crippen LogP contribution in [0.2, 0.25) is 0 Å². The van der Waals surface area contributed by atoms with Crippen molar-refractivity contribution in [1.29, 1.82) is 0 Å². The molecule has 0 fully saturated rings. The molecule has 0 aliphatic rings. The van der Waals surface area contributed by atoms with Gasteiger partial charge in [0.1, 0.15) is 18.2 Å². The smallest absolute Gasteiger partial charge is 0.260 e. The van der Waals surface area contributed by atoms with E-state index in [2.05, 4.69) is 22.1 Å². The van der Waals surface area contributed by atoms with Crippen LogP contribution in [-0.4, -0.2) is 19.6 Å². The molecular formula is C15H15FN4O. The lowest BCUT2D eigenvalue weighted by molar-refractivity contribution is 0.295. The Morgan fingerprint density at radius 2 is 2.19 bits per heavy atom. The zero-order chi connectivity index (χ0) is 14.7. The number of hydrogen-bond donors (Lipinski definition) is 0. The lowest BCUT2D eigenvalue weighted by Gasteiger charge is -2.06. The summed E-state index contributed by atoms with van der Waals surface area (Å²) in [5.74, 6) is 0.997. The molecule has 0 spiro atoms. The highest BCUT2D eigenvalue weighted by Crippen LogP contribution is 2.17. The molecule has 0 saturated carbocycles. The van der Waals surface area contributed by atoms with E-state index in [1.165, 1.54) is 12.1 Å². The third kappa shape index (κ3) is 2.84. The molecule has 0 amide bonds. The predicted molar refractivity (Wildman–Crippen MR) is 75.5 cm³/mol. The third-order valence-electron chi connectivity index (χ3n) is 3.10. The largest absolute Gasteiger partial charge is 0.470 e. The summed E-state index contributed by atoms with van der Waals surface area (Å²) in [6.07, 6.45) is 5.29. The van der Waals surface area contributed by atoms with Crippen molar-refractivity contribution in [2.24, 2.45) is 0 Å². The number of ether oxygens (including phenoxy) is 1. The van der Waals surface area contributed by atoms with Crippen LogP contribution in [0.4, 0.5) is 4.39 Å². The Morgan fingerprint density at radius 3 is 3.00 bits per heavy atom. The van der Waals surface area contributed by atoms with Gasteiger partial charge in [0.25, 0.3) is 5.88 Å². The number of benzene rings is 1. The summed E-state index contributed by atoms with van der Waals surface area (Å²) in [5.41, 5.74) is 1.32. The van der Waals surface area contributed by atoms with Crippen molar-refractivity contribution in [3.63, 3.8) is 0 Å². The topological polar surface area (TPSA) is 52.3 Å². The van der Waals surface area contributed by atoms with Gasteiger partial charge in [0, 0.05) is 18.8 Å². The minimum absolute atomic E-state index is 0.237. The molecule has 0 N–H and O–H groups in total. The van der Waals surface area contributed by atoms with Crippen molar-refractivity contribution in [3.05, 3.63) is 53.9 Å². The molecule has 0 bridgehead atoms. The Morgan fingerprint density at radius 1 is 1.29 bits per heavy atom. The molecule has 0 atom stereocenters. The minimum atomic E-state index is -0.282. The van der Waals surface area contributed by atoms with Crippen LogP contribution in [0.3, 0.4) is 0 Å². The summed E-state index contributed by atoms with van der Waals surface area (Å²) in [6, 6.07) is 6.29. The standard InChI is InChI=1S/C15H15FN4O/c1-2-4-13-18-19-14-15(17-7-8-20(13)14)21-10-11-5-3-6-12(16)9-11/h3,5-9H,2,4,10H2,1H3. The maximum absolute atomic E-state index is 13.1. The van der Waals surface area contributed by atoms with Crippen molar-refractivity contribution in [2.45, 2.75) is 26.4 Å². The Balaban J connectivity index is 1.84. The molecule has 21 heavy (non-hydrogen) atoms. The van der Waals surface area contributed by atoms with Gasteiger partial charge in [-0.2, -0.15) is 0 Å². The fourth-order valence-electron chi connectivity index (χ4n) is 2.13. The number of aryl methyl sites for hydroxylation is 1. The molecule has 0 radical (unpaired) electrons. The number of nitrogens with zero attached hydrogens (tertiary/aromatic N) is 4. The molecule has 108 valence electrons. The molecule has 2 aromatic heterocycles. The zero-order valence-electron chi connectivity index (χ0n) is 11.7. The Hall–Kier alpha value is -2.50. The van der Waals surface area contributed by atoms with Crippen LogP contribution in [0.25, 0.3) is 5.65 Å². The fourth-order valence-corrected chi connectivity index (χ4v) is 2.13. The Bertz CT molecular complexity index is 756. The Labute approximate surface area is 121 Å². The second kappa shape index (κ2) is 5.87. The second-order valence-corrected chi connectivity index (χ2v) is 4.71. The van der Waals surface area contributed by atoms with E-state index in [1.54, 1.807) is 18.3 Å². The summed E-state index contributed by atoms with van der Waals surface area (Å²) in [6.45, 7) is 2.32. The van der Waals surface area contributed by atoms with E-state index in [0.717, 1.165) is 24.2 Å². The summed E-state index contributed by atoms with van der Waals surface area (Å²) >= 11 is 0. The highest BCUT2D eigenvalue weighted by atomic mass is 19.1. The number of hydrogen-bond acceptors (Lipinski definition) is 4. The van der Waals surface area contributed by atoms with E-state index in [0.29, 0.717) is 11.5 Å². The molecule has 0 aliphatic carbocycles. The summed E-state index contributed by atoms with van der Waals surface area (Å²) in [4.78, 5) is 4.18. The maximum atomic E-state index is 13.1. The molecule has 0 aliphatic heterocycles. The Kier molecular flexibility index (Phi) is 3.77. The summed E-state index contributed by atoms with van der Waals surface area (Å²) < 4.78 is 20.7. The molecule has 3 rings (SSSR count). The normalized spacial score (nSPS) is 11.0. The van der Waals surface area contributed by atoms with E-state index in [1.807, 2.05) is 10.6 Å². The van der Waals surface area contributed by atoms with Gasteiger partial charge in [-0.3, -0.25) is 4.40 Å². The monoisotopic (exact) mass is 286 g/mol. The SMILES string of the molecule is CCCc1nnc2c(OCc3cccc(F)c3)nccn12. The van der Waals surface area contributed by atoms with Gasteiger partial charge in [0.05, 0.1) is 0 Å². The molecule has 1 aromatic carbocycles. The first kappa shape index (κ1) is 13.5. The van der Waals surface area contributed by atoms with Crippen LogP contribution in [0, 0.1) is 5.82 Å². The maximum Gasteiger partial charge on any atom is 0.260 e. The number of rotatable bonds is 5. The van der Waals surface area contributed by atoms with Crippen LogP contribution >= 0.6 is 0 Å². The van der Waals surface area contributed by atoms with Gasteiger partial charge in [0.15, 0.2) is 0 Å². The van der Waals surface area contributed by atoms with Gasteiger partial charge in [0.2, 0.25) is 5.65 Å². The average molecular weight is 286 g/mol.